The molecule has 3 nitrogen and oxygen atoms in total. The molecule has 0 bridgehead atoms. The zero-order valence-corrected chi connectivity index (χ0v) is 9.53. The molecule has 0 saturated carbocycles. The van der Waals surface area contributed by atoms with Crippen molar-refractivity contribution in [2.75, 3.05) is 0 Å². The Kier molecular flexibility index (Phi) is 3.32. The van der Waals surface area contributed by atoms with E-state index in [1.165, 1.54) is 18.2 Å². The van der Waals surface area contributed by atoms with E-state index in [4.69, 9.17) is 0 Å². The van der Waals surface area contributed by atoms with Crippen molar-refractivity contribution in [1.29, 1.82) is 0 Å². The van der Waals surface area contributed by atoms with Gasteiger partial charge in [-0.3, -0.25) is 4.79 Å². The summed E-state index contributed by atoms with van der Waals surface area (Å²) in [6.07, 6.45) is 1.14. The standard InChI is InChI=1S/C13H13FN2O/c1-2-11-8-13(17)16-12(15-11)7-9-4-3-5-10(14)6-9/h3-6,8H,2,7H2,1H3,(H,15,16,17). The van der Waals surface area contributed by atoms with E-state index in [9.17, 15) is 9.18 Å². The van der Waals surface area contributed by atoms with Crippen LogP contribution in [0.15, 0.2) is 35.1 Å². The Morgan fingerprint density at radius 1 is 1.35 bits per heavy atom. The van der Waals surface area contributed by atoms with Crippen LogP contribution in [0.4, 0.5) is 4.39 Å². The zero-order valence-electron chi connectivity index (χ0n) is 9.53. The van der Waals surface area contributed by atoms with Gasteiger partial charge in [-0.05, 0) is 24.1 Å². The molecule has 0 fully saturated rings. The van der Waals surface area contributed by atoms with E-state index in [-0.39, 0.29) is 11.4 Å². The van der Waals surface area contributed by atoms with Gasteiger partial charge < -0.3 is 4.98 Å². The Hall–Kier alpha value is -1.97. The summed E-state index contributed by atoms with van der Waals surface area (Å²) in [7, 11) is 0. The number of nitrogens with zero attached hydrogens (tertiary/aromatic N) is 1. The number of H-pyrrole nitrogens is 1. The molecule has 1 aromatic carbocycles. The van der Waals surface area contributed by atoms with Gasteiger partial charge in [-0.1, -0.05) is 19.1 Å². The van der Waals surface area contributed by atoms with Gasteiger partial charge in [-0.2, -0.15) is 0 Å². The smallest absolute Gasteiger partial charge is 0.251 e. The van der Waals surface area contributed by atoms with Gasteiger partial charge in [0.25, 0.3) is 5.56 Å². The Bertz CT molecular complexity index is 578. The minimum Gasteiger partial charge on any atom is -0.310 e. The molecule has 0 spiro atoms. The Morgan fingerprint density at radius 3 is 2.88 bits per heavy atom. The van der Waals surface area contributed by atoms with E-state index in [1.807, 2.05) is 13.0 Å². The molecule has 0 aliphatic rings. The van der Waals surface area contributed by atoms with Crippen molar-refractivity contribution in [2.24, 2.45) is 0 Å². The fourth-order valence-corrected chi connectivity index (χ4v) is 1.67. The SMILES string of the molecule is CCc1cc(=O)[nH]c(Cc2cccc(F)c2)n1. The predicted molar refractivity (Wildman–Crippen MR) is 63.4 cm³/mol. The molecule has 0 aliphatic heterocycles. The fraction of sp³-hybridized carbons (Fsp3) is 0.231. The first kappa shape index (κ1) is 11.5. The van der Waals surface area contributed by atoms with Crippen molar-refractivity contribution < 1.29 is 4.39 Å². The average molecular weight is 232 g/mol. The molecular formula is C13H13FN2O. The van der Waals surface area contributed by atoms with Crippen LogP contribution in [0.5, 0.6) is 0 Å². The maximum Gasteiger partial charge on any atom is 0.251 e. The van der Waals surface area contributed by atoms with Crippen molar-refractivity contribution in [3.05, 3.63) is 63.6 Å². The highest BCUT2D eigenvalue weighted by Crippen LogP contribution is 2.07. The molecule has 1 heterocycles. The Balaban J connectivity index is 2.29. The summed E-state index contributed by atoms with van der Waals surface area (Å²) in [5.74, 6) is 0.288. The topological polar surface area (TPSA) is 45.8 Å². The molecular weight excluding hydrogens is 219 g/mol. The number of nitrogens with one attached hydrogen (secondary N) is 1. The summed E-state index contributed by atoms with van der Waals surface area (Å²) >= 11 is 0. The molecule has 1 N–H and O–H groups in total. The van der Waals surface area contributed by atoms with Crippen molar-refractivity contribution >= 4 is 0 Å². The second-order valence-corrected chi connectivity index (χ2v) is 3.84. The van der Waals surface area contributed by atoms with Crippen LogP contribution in [0.1, 0.15) is 24.0 Å². The highest BCUT2D eigenvalue weighted by Gasteiger charge is 2.02. The summed E-state index contributed by atoms with van der Waals surface area (Å²) in [4.78, 5) is 18.3. The quantitative estimate of drug-likeness (QED) is 0.880. The Morgan fingerprint density at radius 2 is 2.18 bits per heavy atom. The molecule has 88 valence electrons. The van der Waals surface area contributed by atoms with Crippen LogP contribution in [0.3, 0.4) is 0 Å². The van der Waals surface area contributed by atoms with Crippen LogP contribution in [0.2, 0.25) is 0 Å². The lowest BCUT2D eigenvalue weighted by atomic mass is 10.1. The number of aromatic amines is 1. The van der Waals surface area contributed by atoms with Crippen LogP contribution in [-0.2, 0) is 12.8 Å². The maximum absolute atomic E-state index is 13.0. The van der Waals surface area contributed by atoms with Crippen LogP contribution in [0.25, 0.3) is 0 Å². The third-order valence-electron chi connectivity index (χ3n) is 2.47. The lowest BCUT2D eigenvalue weighted by Crippen LogP contribution is -2.12. The van der Waals surface area contributed by atoms with Gasteiger partial charge >= 0.3 is 0 Å². The molecule has 0 aliphatic carbocycles. The van der Waals surface area contributed by atoms with E-state index in [2.05, 4.69) is 9.97 Å². The van der Waals surface area contributed by atoms with E-state index in [0.29, 0.717) is 18.7 Å². The van der Waals surface area contributed by atoms with E-state index in [0.717, 1.165) is 11.3 Å². The highest BCUT2D eigenvalue weighted by molar-refractivity contribution is 5.20. The van der Waals surface area contributed by atoms with E-state index in [1.54, 1.807) is 6.07 Å². The van der Waals surface area contributed by atoms with Gasteiger partial charge in [-0.15, -0.1) is 0 Å². The van der Waals surface area contributed by atoms with Crippen molar-refractivity contribution in [3.63, 3.8) is 0 Å². The molecule has 0 saturated heterocycles. The lowest BCUT2D eigenvalue weighted by molar-refractivity contribution is 0.625. The molecule has 0 radical (unpaired) electrons. The summed E-state index contributed by atoms with van der Waals surface area (Å²) in [5, 5.41) is 0. The summed E-state index contributed by atoms with van der Waals surface area (Å²) in [6.45, 7) is 1.94. The minimum absolute atomic E-state index is 0.164. The van der Waals surface area contributed by atoms with Crippen molar-refractivity contribution in [3.8, 4) is 0 Å². The summed E-state index contributed by atoms with van der Waals surface area (Å²) in [5.41, 5.74) is 1.38. The monoisotopic (exact) mass is 232 g/mol. The summed E-state index contributed by atoms with van der Waals surface area (Å²) in [6, 6.07) is 7.77. The molecule has 17 heavy (non-hydrogen) atoms. The molecule has 0 unspecified atom stereocenters. The van der Waals surface area contributed by atoms with Crippen LogP contribution < -0.4 is 5.56 Å². The van der Waals surface area contributed by atoms with Gasteiger partial charge in [-0.25, -0.2) is 9.37 Å². The molecule has 2 aromatic rings. The number of benzene rings is 1. The number of hydrogen-bond acceptors (Lipinski definition) is 2. The highest BCUT2D eigenvalue weighted by atomic mass is 19.1. The van der Waals surface area contributed by atoms with Gasteiger partial charge in [0.15, 0.2) is 0 Å². The second-order valence-electron chi connectivity index (χ2n) is 3.84. The number of halogens is 1. The van der Waals surface area contributed by atoms with Crippen LogP contribution in [0, 0.1) is 5.82 Å². The van der Waals surface area contributed by atoms with Gasteiger partial charge in [0.05, 0.1) is 0 Å². The van der Waals surface area contributed by atoms with Crippen LogP contribution in [-0.4, -0.2) is 9.97 Å². The first-order chi connectivity index (χ1) is 8.17. The zero-order chi connectivity index (χ0) is 12.3. The maximum atomic E-state index is 13.0. The number of aryl methyl sites for hydroxylation is 1. The normalized spacial score (nSPS) is 10.5. The largest absolute Gasteiger partial charge is 0.310 e. The average Bonchev–Trinajstić information content (AvgIpc) is 2.28. The third kappa shape index (κ3) is 3.00. The van der Waals surface area contributed by atoms with Gasteiger partial charge in [0.1, 0.15) is 11.6 Å². The first-order valence-corrected chi connectivity index (χ1v) is 5.51. The number of rotatable bonds is 3. The molecule has 1 aromatic heterocycles. The van der Waals surface area contributed by atoms with Gasteiger partial charge in [0, 0.05) is 18.2 Å². The minimum atomic E-state index is -0.281. The number of aromatic nitrogens is 2. The Labute approximate surface area is 98.3 Å². The lowest BCUT2D eigenvalue weighted by Gasteiger charge is -2.03. The van der Waals surface area contributed by atoms with E-state index < -0.39 is 0 Å². The fourth-order valence-electron chi connectivity index (χ4n) is 1.67. The second kappa shape index (κ2) is 4.91. The summed E-state index contributed by atoms with van der Waals surface area (Å²) < 4.78 is 13.0. The predicted octanol–water partition coefficient (Wildman–Crippen LogP) is 2.06. The number of hydrogen-bond donors (Lipinski definition) is 1. The first-order valence-electron chi connectivity index (χ1n) is 5.51. The van der Waals surface area contributed by atoms with Gasteiger partial charge in [0.2, 0.25) is 0 Å². The molecule has 4 heteroatoms. The molecule has 2 rings (SSSR count). The van der Waals surface area contributed by atoms with Crippen molar-refractivity contribution in [2.45, 2.75) is 19.8 Å². The van der Waals surface area contributed by atoms with Crippen molar-refractivity contribution in [1.82, 2.24) is 9.97 Å². The van der Waals surface area contributed by atoms with E-state index >= 15 is 0 Å². The molecule has 0 amide bonds. The molecule has 0 atom stereocenters. The van der Waals surface area contributed by atoms with Crippen LogP contribution >= 0.6 is 0 Å². The third-order valence-corrected chi connectivity index (χ3v) is 2.47.